The van der Waals surface area contributed by atoms with Crippen LogP contribution in [-0.2, 0) is 0 Å². The van der Waals surface area contributed by atoms with Crippen LogP contribution in [0.5, 0.6) is 0 Å². The number of hydrogen-bond acceptors (Lipinski definition) is 3. The number of halogens is 1. The molecule has 0 aromatic carbocycles. The summed E-state index contributed by atoms with van der Waals surface area (Å²) in [5.74, 6) is 0.893. The molecular weight excluding hydrogens is 290 g/mol. The summed E-state index contributed by atoms with van der Waals surface area (Å²) in [7, 11) is 0. The highest BCUT2D eigenvalue weighted by molar-refractivity contribution is 9.10. The number of pyridine rings is 1. The van der Waals surface area contributed by atoms with Crippen molar-refractivity contribution in [1.29, 1.82) is 0 Å². The molecule has 0 saturated carbocycles. The second-order valence-electron chi connectivity index (χ2n) is 4.90. The van der Waals surface area contributed by atoms with E-state index >= 15 is 0 Å². The molecule has 0 radical (unpaired) electrons. The van der Waals surface area contributed by atoms with Gasteiger partial charge in [0.25, 0.3) is 0 Å². The number of aromatic nitrogens is 1. The molecule has 4 heteroatoms. The van der Waals surface area contributed by atoms with Crippen LogP contribution in [0.1, 0.15) is 51.5 Å². The van der Waals surface area contributed by atoms with Crippen LogP contribution in [0.4, 0.5) is 11.5 Å². The van der Waals surface area contributed by atoms with Crippen LogP contribution in [0.15, 0.2) is 10.7 Å². The van der Waals surface area contributed by atoms with Crippen molar-refractivity contribution in [2.75, 3.05) is 11.1 Å². The molecule has 3 N–H and O–H groups in total. The molecule has 0 amide bonds. The largest absolute Gasteiger partial charge is 0.397 e. The number of nitrogens with one attached hydrogen (secondary N) is 1. The summed E-state index contributed by atoms with van der Waals surface area (Å²) in [4.78, 5) is 4.34. The van der Waals surface area contributed by atoms with Gasteiger partial charge in [-0.25, -0.2) is 4.98 Å². The van der Waals surface area contributed by atoms with Crippen molar-refractivity contribution in [3.05, 3.63) is 16.2 Å². The number of nitrogens with two attached hydrogens (primary N) is 1. The summed E-state index contributed by atoms with van der Waals surface area (Å²) in [6.45, 7) is 6.43. The SMILES string of the molecule is CCCCCCC(C)Nc1ncc(N)c(C)c1Br. The lowest BCUT2D eigenvalue weighted by Gasteiger charge is -2.17. The monoisotopic (exact) mass is 313 g/mol. The maximum atomic E-state index is 5.81. The molecular formula is C14H24BrN3. The summed E-state index contributed by atoms with van der Waals surface area (Å²) >= 11 is 3.55. The minimum absolute atomic E-state index is 0.439. The Hall–Kier alpha value is -0.770. The number of nitrogen functional groups attached to an aromatic ring is 1. The van der Waals surface area contributed by atoms with E-state index in [1.807, 2.05) is 6.92 Å². The highest BCUT2D eigenvalue weighted by atomic mass is 79.9. The third-order valence-corrected chi connectivity index (χ3v) is 4.15. The number of unbranched alkanes of at least 4 members (excludes halogenated alkanes) is 3. The first-order chi connectivity index (χ1) is 8.56. The molecule has 0 aliphatic heterocycles. The van der Waals surface area contributed by atoms with Gasteiger partial charge < -0.3 is 11.1 Å². The van der Waals surface area contributed by atoms with E-state index in [2.05, 4.69) is 40.1 Å². The van der Waals surface area contributed by atoms with E-state index < -0.39 is 0 Å². The van der Waals surface area contributed by atoms with Gasteiger partial charge in [-0.1, -0.05) is 32.6 Å². The Bertz CT molecular complexity index is 380. The van der Waals surface area contributed by atoms with Crippen LogP contribution in [0.2, 0.25) is 0 Å². The van der Waals surface area contributed by atoms with E-state index in [1.165, 1.54) is 32.1 Å². The van der Waals surface area contributed by atoms with Crippen molar-refractivity contribution >= 4 is 27.4 Å². The zero-order valence-electron chi connectivity index (χ0n) is 11.6. The van der Waals surface area contributed by atoms with Gasteiger partial charge in [-0.05, 0) is 41.8 Å². The number of anilines is 2. The molecule has 1 aromatic heterocycles. The van der Waals surface area contributed by atoms with Gasteiger partial charge in [-0.15, -0.1) is 0 Å². The van der Waals surface area contributed by atoms with Gasteiger partial charge in [0, 0.05) is 6.04 Å². The Morgan fingerprint density at radius 1 is 1.39 bits per heavy atom. The van der Waals surface area contributed by atoms with Crippen molar-refractivity contribution in [3.63, 3.8) is 0 Å². The summed E-state index contributed by atoms with van der Waals surface area (Å²) in [6.07, 6.45) is 8.09. The number of nitrogens with zero attached hydrogens (tertiary/aromatic N) is 1. The average molecular weight is 314 g/mol. The van der Waals surface area contributed by atoms with E-state index in [0.717, 1.165) is 21.5 Å². The molecule has 1 atom stereocenters. The van der Waals surface area contributed by atoms with Crippen LogP contribution in [0.3, 0.4) is 0 Å². The van der Waals surface area contributed by atoms with Crippen molar-refractivity contribution in [1.82, 2.24) is 4.98 Å². The van der Waals surface area contributed by atoms with Crippen molar-refractivity contribution < 1.29 is 0 Å². The molecule has 0 aliphatic carbocycles. The summed E-state index contributed by atoms with van der Waals surface area (Å²) in [6, 6.07) is 0.439. The quantitative estimate of drug-likeness (QED) is 0.728. The Morgan fingerprint density at radius 3 is 2.78 bits per heavy atom. The predicted octanol–water partition coefficient (Wildman–Crippen LogP) is 4.51. The Kier molecular flexibility index (Phi) is 6.47. The minimum Gasteiger partial charge on any atom is -0.397 e. The Labute approximate surface area is 119 Å². The van der Waals surface area contributed by atoms with Crippen LogP contribution in [0.25, 0.3) is 0 Å². The predicted molar refractivity (Wildman–Crippen MR) is 82.9 cm³/mol. The van der Waals surface area contributed by atoms with Gasteiger partial charge in [0.2, 0.25) is 0 Å². The molecule has 102 valence electrons. The molecule has 0 saturated heterocycles. The topological polar surface area (TPSA) is 50.9 Å². The van der Waals surface area contributed by atoms with Gasteiger partial charge in [0.05, 0.1) is 16.4 Å². The fourth-order valence-electron chi connectivity index (χ4n) is 1.88. The summed E-state index contributed by atoms with van der Waals surface area (Å²) < 4.78 is 0.975. The maximum absolute atomic E-state index is 5.81. The lowest BCUT2D eigenvalue weighted by molar-refractivity contribution is 0.593. The van der Waals surface area contributed by atoms with Crippen LogP contribution in [0, 0.1) is 6.92 Å². The maximum Gasteiger partial charge on any atom is 0.140 e. The highest BCUT2D eigenvalue weighted by Crippen LogP contribution is 2.28. The fourth-order valence-corrected chi connectivity index (χ4v) is 2.32. The van der Waals surface area contributed by atoms with E-state index in [-0.39, 0.29) is 0 Å². The van der Waals surface area contributed by atoms with Gasteiger partial charge >= 0.3 is 0 Å². The van der Waals surface area contributed by atoms with Gasteiger partial charge in [-0.3, -0.25) is 0 Å². The normalized spacial score (nSPS) is 12.4. The first-order valence-corrected chi connectivity index (χ1v) is 7.52. The van der Waals surface area contributed by atoms with Crippen LogP contribution >= 0.6 is 15.9 Å². The number of rotatable bonds is 7. The molecule has 18 heavy (non-hydrogen) atoms. The third kappa shape index (κ3) is 4.48. The number of hydrogen-bond donors (Lipinski definition) is 2. The average Bonchev–Trinajstić information content (AvgIpc) is 2.35. The van der Waals surface area contributed by atoms with E-state index in [4.69, 9.17) is 5.73 Å². The van der Waals surface area contributed by atoms with E-state index in [1.54, 1.807) is 6.20 Å². The summed E-state index contributed by atoms with van der Waals surface area (Å²) in [5, 5.41) is 3.44. The molecule has 1 aromatic rings. The van der Waals surface area contributed by atoms with Crippen molar-refractivity contribution in [2.24, 2.45) is 0 Å². The molecule has 0 fully saturated rings. The lowest BCUT2D eigenvalue weighted by Crippen LogP contribution is -2.16. The van der Waals surface area contributed by atoms with E-state index in [9.17, 15) is 0 Å². The zero-order valence-corrected chi connectivity index (χ0v) is 13.2. The van der Waals surface area contributed by atoms with Crippen LogP contribution < -0.4 is 11.1 Å². The summed E-state index contributed by atoms with van der Waals surface area (Å²) in [5.41, 5.74) is 7.59. The Balaban J connectivity index is 2.49. The minimum atomic E-state index is 0.439. The third-order valence-electron chi connectivity index (χ3n) is 3.18. The molecule has 0 spiro atoms. The Morgan fingerprint density at radius 2 is 2.11 bits per heavy atom. The second kappa shape index (κ2) is 7.62. The zero-order chi connectivity index (χ0) is 13.5. The molecule has 3 nitrogen and oxygen atoms in total. The standard InChI is InChI=1S/C14H24BrN3/c1-4-5-6-7-8-10(2)18-14-13(15)11(3)12(16)9-17-14/h9-10H,4-8,16H2,1-3H3,(H,17,18). The van der Waals surface area contributed by atoms with Gasteiger partial charge in [0.1, 0.15) is 5.82 Å². The lowest BCUT2D eigenvalue weighted by atomic mass is 10.1. The molecule has 1 rings (SSSR count). The second-order valence-corrected chi connectivity index (χ2v) is 5.69. The smallest absolute Gasteiger partial charge is 0.140 e. The molecule has 1 heterocycles. The highest BCUT2D eigenvalue weighted by Gasteiger charge is 2.09. The molecule has 0 aliphatic rings. The van der Waals surface area contributed by atoms with Crippen LogP contribution in [-0.4, -0.2) is 11.0 Å². The van der Waals surface area contributed by atoms with E-state index in [0.29, 0.717) is 6.04 Å². The fraction of sp³-hybridized carbons (Fsp3) is 0.643. The first kappa shape index (κ1) is 15.3. The van der Waals surface area contributed by atoms with Gasteiger partial charge in [0.15, 0.2) is 0 Å². The van der Waals surface area contributed by atoms with Crippen molar-refractivity contribution in [2.45, 2.75) is 58.9 Å². The molecule has 1 unspecified atom stereocenters. The van der Waals surface area contributed by atoms with Gasteiger partial charge in [-0.2, -0.15) is 0 Å². The first-order valence-electron chi connectivity index (χ1n) is 6.73. The van der Waals surface area contributed by atoms with Crippen molar-refractivity contribution in [3.8, 4) is 0 Å². The molecule has 0 bridgehead atoms.